The first-order valence-corrected chi connectivity index (χ1v) is 25.2. The van der Waals surface area contributed by atoms with Crippen molar-refractivity contribution in [3.63, 3.8) is 0 Å². The van der Waals surface area contributed by atoms with Gasteiger partial charge in [0.25, 0.3) is 0 Å². The molecule has 0 fully saturated rings. The maximum Gasteiger partial charge on any atom is 0.306 e. The number of esters is 2. The van der Waals surface area contributed by atoms with Gasteiger partial charge in [0.1, 0.15) is 6.61 Å². The van der Waals surface area contributed by atoms with Crippen LogP contribution < -0.4 is 0 Å². The third-order valence-electron chi connectivity index (χ3n) is 10.8. The zero-order valence-electron chi connectivity index (χ0n) is 38.8. The van der Waals surface area contributed by atoms with Crippen molar-refractivity contribution in [3.8, 4) is 0 Å². The van der Waals surface area contributed by atoms with Crippen LogP contribution in [0.1, 0.15) is 252 Å². The molecule has 0 heterocycles. The summed E-state index contributed by atoms with van der Waals surface area (Å²) in [6.45, 7) is 7.77. The SMILES string of the molecule is CCCC/C=C\CCCCCCCC(=O)OC(COCCCCCCCCCCCCCC)COC(=O)CCCCCCCC/C=C\C/C=C\C/C=C\CCCCC. The van der Waals surface area contributed by atoms with Gasteiger partial charge in [0.2, 0.25) is 0 Å². The zero-order valence-corrected chi connectivity index (χ0v) is 38.8. The molecule has 0 aliphatic heterocycles. The van der Waals surface area contributed by atoms with E-state index in [-0.39, 0.29) is 25.2 Å². The Kier molecular flexibility index (Phi) is 47.4. The van der Waals surface area contributed by atoms with E-state index in [9.17, 15) is 9.59 Å². The Bertz CT molecular complexity index is 966. The molecular formula is C53H96O5. The number of ether oxygens (including phenoxy) is 3. The summed E-state index contributed by atoms with van der Waals surface area (Å²) in [5.74, 6) is -0.415. The number of rotatable bonds is 46. The largest absolute Gasteiger partial charge is 0.462 e. The Morgan fingerprint density at radius 3 is 1.26 bits per heavy atom. The van der Waals surface area contributed by atoms with Gasteiger partial charge in [0, 0.05) is 19.4 Å². The molecule has 0 amide bonds. The van der Waals surface area contributed by atoms with E-state index in [2.05, 4.69) is 69.4 Å². The minimum Gasteiger partial charge on any atom is -0.462 e. The van der Waals surface area contributed by atoms with Crippen LogP contribution in [-0.2, 0) is 23.8 Å². The van der Waals surface area contributed by atoms with Gasteiger partial charge in [-0.2, -0.15) is 0 Å². The van der Waals surface area contributed by atoms with Gasteiger partial charge < -0.3 is 14.2 Å². The van der Waals surface area contributed by atoms with Gasteiger partial charge in [-0.05, 0) is 77.0 Å². The van der Waals surface area contributed by atoms with Crippen molar-refractivity contribution in [1.82, 2.24) is 0 Å². The van der Waals surface area contributed by atoms with Gasteiger partial charge in [-0.1, -0.05) is 211 Å². The Morgan fingerprint density at radius 2 is 0.741 bits per heavy atom. The third-order valence-corrected chi connectivity index (χ3v) is 10.8. The molecule has 0 spiro atoms. The smallest absolute Gasteiger partial charge is 0.306 e. The second kappa shape index (κ2) is 49.2. The summed E-state index contributed by atoms with van der Waals surface area (Å²) in [4.78, 5) is 25.3. The Balaban J connectivity index is 4.22. The summed E-state index contributed by atoms with van der Waals surface area (Å²) in [6, 6.07) is 0. The fraction of sp³-hybridized carbons (Fsp3) is 0.811. The van der Waals surface area contributed by atoms with Gasteiger partial charge in [0.05, 0.1) is 6.61 Å². The van der Waals surface area contributed by atoms with E-state index >= 15 is 0 Å². The molecule has 0 radical (unpaired) electrons. The molecule has 0 aliphatic rings. The second-order valence-corrected chi connectivity index (χ2v) is 16.7. The van der Waals surface area contributed by atoms with Crippen LogP contribution >= 0.6 is 0 Å². The Morgan fingerprint density at radius 1 is 0.379 bits per heavy atom. The van der Waals surface area contributed by atoms with Crippen LogP contribution in [-0.4, -0.2) is 37.9 Å². The first kappa shape index (κ1) is 55.9. The van der Waals surface area contributed by atoms with Crippen LogP contribution in [0.15, 0.2) is 48.6 Å². The first-order valence-electron chi connectivity index (χ1n) is 25.2. The van der Waals surface area contributed by atoms with Crippen molar-refractivity contribution >= 4 is 11.9 Å². The molecule has 0 bridgehead atoms. The number of allylic oxidation sites excluding steroid dienone is 8. The predicted octanol–water partition coefficient (Wildman–Crippen LogP) is 16.8. The maximum atomic E-state index is 12.7. The van der Waals surface area contributed by atoms with Crippen molar-refractivity contribution < 1.29 is 23.8 Å². The van der Waals surface area contributed by atoms with E-state index in [1.54, 1.807) is 0 Å². The van der Waals surface area contributed by atoms with E-state index in [1.807, 2.05) is 0 Å². The molecule has 0 rings (SSSR count). The highest BCUT2D eigenvalue weighted by atomic mass is 16.6. The normalized spacial score (nSPS) is 12.5. The van der Waals surface area contributed by atoms with Crippen LogP contribution in [0.2, 0.25) is 0 Å². The lowest BCUT2D eigenvalue weighted by molar-refractivity contribution is -0.163. The molecule has 1 unspecified atom stereocenters. The monoisotopic (exact) mass is 813 g/mol. The average molecular weight is 813 g/mol. The Labute approximate surface area is 361 Å². The minimum atomic E-state index is -0.541. The highest BCUT2D eigenvalue weighted by Gasteiger charge is 2.17. The quantitative estimate of drug-likeness (QED) is 0.0348. The molecule has 0 saturated heterocycles. The van der Waals surface area contributed by atoms with Gasteiger partial charge in [-0.3, -0.25) is 9.59 Å². The average Bonchev–Trinajstić information content (AvgIpc) is 3.22. The van der Waals surface area contributed by atoms with E-state index < -0.39 is 6.10 Å². The fourth-order valence-corrected chi connectivity index (χ4v) is 7.03. The second-order valence-electron chi connectivity index (χ2n) is 16.7. The number of hydrogen-bond acceptors (Lipinski definition) is 5. The molecule has 0 aromatic rings. The number of hydrogen-bond donors (Lipinski definition) is 0. The summed E-state index contributed by atoms with van der Waals surface area (Å²) in [5.41, 5.74) is 0. The van der Waals surface area contributed by atoms with Crippen LogP contribution in [0, 0.1) is 0 Å². The lowest BCUT2D eigenvalue weighted by Crippen LogP contribution is -2.30. The van der Waals surface area contributed by atoms with Crippen molar-refractivity contribution in [2.24, 2.45) is 0 Å². The number of carbonyl (C=O) groups is 2. The lowest BCUT2D eigenvalue weighted by Gasteiger charge is -2.18. The van der Waals surface area contributed by atoms with Crippen LogP contribution in [0.4, 0.5) is 0 Å². The highest BCUT2D eigenvalue weighted by molar-refractivity contribution is 5.70. The topological polar surface area (TPSA) is 61.8 Å². The number of unbranched alkanes of at least 4 members (excludes halogenated alkanes) is 27. The fourth-order valence-electron chi connectivity index (χ4n) is 7.03. The van der Waals surface area contributed by atoms with Gasteiger partial charge in [0.15, 0.2) is 6.10 Å². The summed E-state index contributed by atoms with van der Waals surface area (Å²) in [6.07, 6.45) is 59.7. The van der Waals surface area contributed by atoms with Crippen molar-refractivity contribution in [3.05, 3.63) is 48.6 Å². The summed E-state index contributed by atoms with van der Waals surface area (Å²) in [7, 11) is 0. The van der Waals surface area contributed by atoms with Crippen molar-refractivity contribution in [2.75, 3.05) is 19.8 Å². The van der Waals surface area contributed by atoms with Gasteiger partial charge in [-0.15, -0.1) is 0 Å². The van der Waals surface area contributed by atoms with Crippen LogP contribution in [0.5, 0.6) is 0 Å². The standard InChI is InChI=1S/C53H96O5/c1-4-7-10-13-16-19-22-24-25-26-27-28-29-30-32-34-37-40-43-46-52(54)57-50-51(49-56-48-45-42-39-36-33-23-20-17-14-11-8-5-2)58-53(55)47-44-41-38-35-31-21-18-15-12-9-6-3/h15-16,18-19,24-25,27-28,51H,4-14,17,20-23,26,29-50H2,1-3H3/b18-15-,19-16-,25-24-,28-27-. The van der Waals surface area contributed by atoms with Crippen molar-refractivity contribution in [1.29, 1.82) is 0 Å². The molecule has 58 heavy (non-hydrogen) atoms. The molecule has 5 heteroatoms. The van der Waals surface area contributed by atoms with E-state index in [0.717, 1.165) is 77.0 Å². The van der Waals surface area contributed by atoms with Crippen LogP contribution in [0.3, 0.4) is 0 Å². The van der Waals surface area contributed by atoms with E-state index in [0.29, 0.717) is 19.4 Å². The molecule has 1 atom stereocenters. The van der Waals surface area contributed by atoms with Crippen LogP contribution in [0.25, 0.3) is 0 Å². The molecule has 0 saturated carbocycles. The molecule has 0 N–H and O–H groups in total. The summed E-state index contributed by atoms with van der Waals surface area (Å²) < 4.78 is 17.3. The molecule has 0 aliphatic carbocycles. The molecular weight excluding hydrogens is 717 g/mol. The molecule has 5 nitrogen and oxygen atoms in total. The van der Waals surface area contributed by atoms with Crippen molar-refractivity contribution in [2.45, 2.75) is 258 Å². The summed E-state index contributed by atoms with van der Waals surface area (Å²) in [5, 5.41) is 0. The number of carbonyl (C=O) groups excluding carboxylic acids is 2. The van der Waals surface area contributed by atoms with E-state index in [1.165, 1.54) is 141 Å². The third kappa shape index (κ3) is 46.5. The maximum absolute atomic E-state index is 12.7. The van der Waals surface area contributed by atoms with Gasteiger partial charge >= 0.3 is 11.9 Å². The lowest BCUT2D eigenvalue weighted by atomic mass is 10.1. The summed E-state index contributed by atoms with van der Waals surface area (Å²) >= 11 is 0. The minimum absolute atomic E-state index is 0.0777. The molecule has 0 aromatic heterocycles. The first-order chi connectivity index (χ1) is 28.6. The molecule has 338 valence electrons. The molecule has 0 aromatic carbocycles. The zero-order chi connectivity index (χ0) is 42.1. The van der Waals surface area contributed by atoms with E-state index in [4.69, 9.17) is 14.2 Å². The van der Waals surface area contributed by atoms with Gasteiger partial charge in [-0.25, -0.2) is 0 Å². The predicted molar refractivity (Wildman–Crippen MR) is 251 cm³/mol. The Hall–Kier alpha value is -2.14. The highest BCUT2D eigenvalue weighted by Crippen LogP contribution is 2.14.